The van der Waals surface area contributed by atoms with E-state index in [1.165, 1.54) is 0 Å². The van der Waals surface area contributed by atoms with E-state index in [1.807, 2.05) is 60.7 Å². The van der Waals surface area contributed by atoms with E-state index in [0.29, 0.717) is 13.2 Å². The average Bonchev–Trinajstić information content (AvgIpc) is 2.57. The Labute approximate surface area is 132 Å². The molecule has 22 heavy (non-hydrogen) atoms. The van der Waals surface area contributed by atoms with Crippen molar-refractivity contribution in [2.45, 2.75) is 19.3 Å². The molecule has 1 amide bonds. The van der Waals surface area contributed by atoms with E-state index < -0.39 is 0 Å². The summed E-state index contributed by atoms with van der Waals surface area (Å²) < 4.78 is 5.41. The predicted molar refractivity (Wildman–Crippen MR) is 88.8 cm³/mol. The number of hydrogen-bond donors (Lipinski definition) is 1. The highest BCUT2D eigenvalue weighted by Gasteiger charge is 2.21. The molecular weight excluding hydrogens is 274 g/mol. The smallest absolute Gasteiger partial charge is 0.232 e. The molecule has 0 saturated carbocycles. The summed E-state index contributed by atoms with van der Waals surface area (Å²) in [6.45, 7) is 3.89. The van der Waals surface area contributed by atoms with E-state index in [4.69, 9.17) is 4.74 Å². The summed E-state index contributed by atoms with van der Waals surface area (Å²) in [7, 11) is 0. The topological polar surface area (TPSA) is 38.3 Å². The molecule has 0 aliphatic carbocycles. The van der Waals surface area contributed by atoms with Crippen LogP contribution in [0, 0.1) is 0 Å². The number of hydrogen-bond acceptors (Lipinski definition) is 2. The molecule has 0 atom stereocenters. The summed E-state index contributed by atoms with van der Waals surface area (Å²) in [6.07, 6.45) is 0.991. The summed E-state index contributed by atoms with van der Waals surface area (Å²) >= 11 is 0. The predicted octanol–water partition coefficient (Wildman–Crippen LogP) is 3.36. The number of rotatable bonds is 8. The molecule has 0 fully saturated rings. The molecule has 0 bridgehead atoms. The van der Waals surface area contributed by atoms with Crippen molar-refractivity contribution >= 4 is 5.91 Å². The quantitative estimate of drug-likeness (QED) is 0.759. The molecule has 0 saturated heterocycles. The summed E-state index contributed by atoms with van der Waals surface area (Å²) in [5, 5.41) is 2.97. The van der Waals surface area contributed by atoms with Gasteiger partial charge in [0.15, 0.2) is 0 Å². The van der Waals surface area contributed by atoms with Gasteiger partial charge in [0.05, 0.1) is 12.5 Å². The van der Waals surface area contributed by atoms with Gasteiger partial charge in [-0.15, -0.1) is 0 Å². The molecule has 0 spiro atoms. The minimum absolute atomic E-state index is 0.0116. The minimum Gasteiger partial charge on any atom is -0.380 e. The van der Waals surface area contributed by atoms with Gasteiger partial charge in [-0.05, 0) is 17.5 Å². The van der Waals surface area contributed by atoms with Gasteiger partial charge in [0.2, 0.25) is 5.91 Å². The first kappa shape index (κ1) is 16.2. The number of carbonyl (C=O) groups excluding carboxylic acids is 1. The Morgan fingerprint density at radius 2 is 1.50 bits per heavy atom. The lowest BCUT2D eigenvalue weighted by atomic mass is 9.90. The second-order valence-electron chi connectivity index (χ2n) is 5.16. The fraction of sp³-hybridized carbons (Fsp3) is 0.316. The molecule has 0 aliphatic heterocycles. The maximum Gasteiger partial charge on any atom is 0.232 e. The third kappa shape index (κ3) is 4.71. The van der Waals surface area contributed by atoms with E-state index in [-0.39, 0.29) is 11.8 Å². The molecule has 0 aliphatic rings. The Kier molecular flexibility index (Phi) is 6.65. The zero-order valence-electron chi connectivity index (χ0n) is 13.0. The fourth-order valence-electron chi connectivity index (χ4n) is 2.38. The normalized spacial score (nSPS) is 10.6. The lowest BCUT2D eigenvalue weighted by Crippen LogP contribution is -2.32. The van der Waals surface area contributed by atoms with E-state index in [1.54, 1.807) is 0 Å². The monoisotopic (exact) mass is 297 g/mol. The average molecular weight is 297 g/mol. The number of benzene rings is 2. The van der Waals surface area contributed by atoms with Gasteiger partial charge in [-0.25, -0.2) is 0 Å². The molecule has 0 aromatic heterocycles. The molecular formula is C19H23NO2. The minimum atomic E-state index is -0.284. The Morgan fingerprint density at radius 3 is 2.00 bits per heavy atom. The summed E-state index contributed by atoms with van der Waals surface area (Å²) in [5.74, 6) is -0.272. The van der Waals surface area contributed by atoms with Crippen LogP contribution in [0.2, 0.25) is 0 Å². The molecule has 3 heteroatoms. The second-order valence-corrected chi connectivity index (χ2v) is 5.16. The standard InChI is InChI=1S/C19H23NO2/c1-2-14-22-15-13-20-19(21)18(16-9-5-3-6-10-16)17-11-7-4-8-12-17/h3-12,18H,2,13-15H2,1H3,(H,20,21). The molecule has 2 aromatic rings. The Balaban J connectivity index is 2.07. The van der Waals surface area contributed by atoms with Crippen LogP contribution < -0.4 is 5.32 Å². The van der Waals surface area contributed by atoms with Gasteiger partial charge in [0, 0.05) is 13.2 Å². The SMILES string of the molecule is CCCOCCNC(=O)C(c1ccccc1)c1ccccc1. The number of ether oxygens (including phenoxy) is 1. The summed E-state index contributed by atoms with van der Waals surface area (Å²) in [5.41, 5.74) is 2.00. The van der Waals surface area contributed by atoms with Gasteiger partial charge in [0.25, 0.3) is 0 Å². The molecule has 2 rings (SSSR count). The van der Waals surface area contributed by atoms with Crippen molar-refractivity contribution in [1.29, 1.82) is 0 Å². The van der Waals surface area contributed by atoms with Gasteiger partial charge in [-0.1, -0.05) is 67.6 Å². The Morgan fingerprint density at radius 1 is 0.955 bits per heavy atom. The van der Waals surface area contributed by atoms with Gasteiger partial charge in [-0.2, -0.15) is 0 Å². The van der Waals surface area contributed by atoms with E-state index in [0.717, 1.165) is 24.2 Å². The number of carbonyl (C=O) groups is 1. The van der Waals surface area contributed by atoms with Crippen molar-refractivity contribution in [3.63, 3.8) is 0 Å². The Hall–Kier alpha value is -2.13. The maximum atomic E-state index is 12.6. The van der Waals surface area contributed by atoms with Gasteiger partial charge < -0.3 is 10.1 Å². The van der Waals surface area contributed by atoms with Crippen LogP contribution in [0.4, 0.5) is 0 Å². The van der Waals surface area contributed by atoms with E-state index in [2.05, 4.69) is 12.2 Å². The first-order chi connectivity index (χ1) is 10.8. The zero-order valence-corrected chi connectivity index (χ0v) is 13.0. The Bertz CT molecular complexity index is 515. The van der Waals surface area contributed by atoms with Crippen molar-refractivity contribution in [2.24, 2.45) is 0 Å². The van der Waals surface area contributed by atoms with Crippen LogP contribution in [-0.2, 0) is 9.53 Å². The maximum absolute atomic E-state index is 12.6. The first-order valence-electron chi connectivity index (χ1n) is 7.78. The van der Waals surface area contributed by atoms with Crippen LogP contribution in [-0.4, -0.2) is 25.7 Å². The van der Waals surface area contributed by atoms with Crippen LogP contribution >= 0.6 is 0 Å². The molecule has 3 nitrogen and oxygen atoms in total. The molecule has 2 aromatic carbocycles. The third-order valence-electron chi connectivity index (χ3n) is 3.42. The summed E-state index contributed by atoms with van der Waals surface area (Å²) in [4.78, 5) is 12.6. The van der Waals surface area contributed by atoms with Gasteiger partial charge >= 0.3 is 0 Å². The van der Waals surface area contributed by atoms with Crippen LogP contribution in [0.3, 0.4) is 0 Å². The lowest BCUT2D eigenvalue weighted by molar-refractivity contribution is -0.121. The first-order valence-corrected chi connectivity index (χ1v) is 7.78. The molecule has 0 heterocycles. The molecule has 0 radical (unpaired) electrons. The zero-order chi connectivity index (χ0) is 15.6. The number of amides is 1. The molecule has 116 valence electrons. The largest absolute Gasteiger partial charge is 0.380 e. The van der Waals surface area contributed by atoms with Crippen LogP contribution in [0.5, 0.6) is 0 Å². The highest BCUT2D eigenvalue weighted by molar-refractivity contribution is 5.87. The highest BCUT2D eigenvalue weighted by atomic mass is 16.5. The summed E-state index contributed by atoms with van der Waals surface area (Å²) in [6, 6.07) is 19.7. The van der Waals surface area contributed by atoms with Crippen molar-refractivity contribution in [2.75, 3.05) is 19.8 Å². The fourth-order valence-corrected chi connectivity index (χ4v) is 2.38. The second kappa shape index (κ2) is 9.00. The lowest BCUT2D eigenvalue weighted by Gasteiger charge is -2.18. The van der Waals surface area contributed by atoms with E-state index in [9.17, 15) is 4.79 Å². The van der Waals surface area contributed by atoms with Crippen molar-refractivity contribution in [1.82, 2.24) is 5.32 Å². The third-order valence-corrected chi connectivity index (χ3v) is 3.42. The van der Waals surface area contributed by atoms with Crippen LogP contribution in [0.15, 0.2) is 60.7 Å². The number of nitrogens with one attached hydrogen (secondary N) is 1. The van der Waals surface area contributed by atoms with Crippen molar-refractivity contribution < 1.29 is 9.53 Å². The van der Waals surface area contributed by atoms with Crippen LogP contribution in [0.25, 0.3) is 0 Å². The van der Waals surface area contributed by atoms with Crippen molar-refractivity contribution in [3.05, 3.63) is 71.8 Å². The molecule has 1 N–H and O–H groups in total. The van der Waals surface area contributed by atoms with Gasteiger partial charge in [0.1, 0.15) is 0 Å². The molecule has 0 unspecified atom stereocenters. The van der Waals surface area contributed by atoms with Crippen molar-refractivity contribution in [3.8, 4) is 0 Å². The van der Waals surface area contributed by atoms with Crippen LogP contribution in [0.1, 0.15) is 30.4 Å². The highest BCUT2D eigenvalue weighted by Crippen LogP contribution is 2.24. The van der Waals surface area contributed by atoms with E-state index >= 15 is 0 Å². The van der Waals surface area contributed by atoms with Gasteiger partial charge in [-0.3, -0.25) is 4.79 Å².